The molecule has 1 unspecified atom stereocenters. The first kappa shape index (κ1) is 24.4. The highest BCUT2D eigenvalue weighted by Crippen LogP contribution is 2.19. The second-order valence-corrected chi connectivity index (χ2v) is 9.92. The fraction of sp³-hybridized carbons (Fsp3) is 0.481. The first-order valence-electron chi connectivity index (χ1n) is 11.8. The molecule has 0 aliphatic heterocycles. The van der Waals surface area contributed by atoms with Crippen molar-refractivity contribution >= 4 is 23.6 Å². The number of hydrogen-bond acceptors (Lipinski definition) is 3. The molecule has 5 heteroatoms. The minimum absolute atomic E-state index is 0.0331. The van der Waals surface area contributed by atoms with Crippen molar-refractivity contribution in [3.05, 3.63) is 71.3 Å². The lowest BCUT2D eigenvalue weighted by molar-refractivity contribution is -0.140. The molecule has 2 aromatic rings. The van der Waals surface area contributed by atoms with Gasteiger partial charge in [0.1, 0.15) is 6.04 Å². The third kappa shape index (κ3) is 7.70. The SMILES string of the molecule is Cc1ccc(CN(C(=O)CCSCc2ccccc2)C(C)C(=O)NC2CCCCC2)cc1. The summed E-state index contributed by atoms with van der Waals surface area (Å²) in [5.41, 5.74) is 3.51. The Hall–Kier alpha value is -2.27. The Kier molecular flexibility index (Phi) is 9.66. The molecule has 32 heavy (non-hydrogen) atoms. The number of nitrogens with zero attached hydrogens (tertiary/aromatic N) is 1. The number of amides is 2. The van der Waals surface area contributed by atoms with Gasteiger partial charge in [-0.3, -0.25) is 9.59 Å². The van der Waals surface area contributed by atoms with Crippen LogP contribution in [0.5, 0.6) is 0 Å². The molecule has 2 aromatic carbocycles. The molecule has 1 aliphatic rings. The minimum atomic E-state index is -0.482. The molecule has 3 rings (SSSR count). The summed E-state index contributed by atoms with van der Waals surface area (Å²) in [5, 5.41) is 3.20. The Bertz CT molecular complexity index is 848. The standard InChI is InChI=1S/C27H36N2O2S/c1-21-13-15-23(16-14-21)19-29(22(2)27(31)28-25-11-7-4-8-12-25)26(30)17-18-32-20-24-9-5-3-6-10-24/h3,5-6,9-10,13-16,22,25H,4,7-8,11-12,17-20H2,1-2H3,(H,28,31). The van der Waals surface area contributed by atoms with Gasteiger partial charge in [0.25, 0.3) is 0 Å². The largest absolute Gasteiger partial charge is 0.352 e. The molecule has 0 spiro atoms. The maximum Gasteiger partial charge on any atom is 0.242 e. The summed E-state index contributed by atoms with van der Waals surface area (Å²) in [6, 6.07) is 18.3. The number of thioether (sulfide) groups is 1. The van der Waals surface area contributed by atoms with E-state index in [1.165, 1.54) is 30.4 Å². The molecule has 1 atom stereocenters. The van der Waals surface area contributed by atoms with Gasteiger partial charge in [-0.15, -0.1) is 0 Å². The quantitative estimate of drug-likeness (QED) is 0.485. The monoisotopic (exact) mass is 452 g/mol. The smallest absolute Gasteiger partial charge is 0.242 e. The lowest BCUT2D eigenvalue weighted by atomic mass is 9.95. The summed E-state index contributed by atoms with van der Waals surface area (Å²) in [7, 11) is 0. The van der Waals surface area contributed by atoms with Crippen LogP contribution in [0.25, 0.3) is 0 Å². The lowest BCUT2D eigenvalue weighted by Crippen LogP contribution is -2.50. The second-order valence-electron chi connectivity index (χ2n) is 8.81. The van der Waals surface area contributed by atoms with Crippen LogP contribution in [0, 0.1) is 6.92 Å². The highest BCUT2D eigenvalue weighted by Gasteiger charge is 2.27. The number of rotatable bonds is 10. The molecule has 1 N–H and O–H groups in total. The summed E-state index contributed by atoms with van der Waals surface area (Å²) in [6.45, 7) is 4.37. The molecule has 0 aromatic heterocycles. The average molecular weight is 453 g/mol. The molecule has 172 valence electrons. The highest BCUT2D eigenvalue weighted by atomic mass is 32.2. The predicted octanol–water partition coefficient (Wildman–Crippen LogP) is 5.48. The van der Waals surface area contributed by atoms with Crippen molar-refractivity contribution in [1.29, 1.82) is 0 Å². The van der Waals surface area contributed by atoms with Gasteiger partial charge < -0.3 is 10.2 Å². The van der Waals surface area contributed by atoms with E-state index in [0.29, 0.717) is 13.0 Å². The van der Waals surface area contributed by atoms with Gasteiger partial charge in [0.15, 0.2) is 0 Å². The third-order valence-corrected chi connectivity index (χ3v) is 7.19. The van der Waals surface area contributed by atoms with Crippen LogP contribution in [0.2, 0.25) is 0 Å². The molecule has 2 amide bonds. The van der Waals surface area contributed by atoms with Gasteiger partial charge in [0.05, 0.1) is 0 Å². The van der Waals surface area contributed by atoms with Crippen molar-refractivity contribution in [2.75, 3.05) is 5.75 Å². The van der Waals surface area contributed by atoms with Crippen LogP contribution < -0.4 is 5.32 Å². The highest BCUT2D eigenvalue weighted by molar-refractivity contribution is 7.98. The Labute approximate surface area is 197 Å². The van der Waals surface area contributed by atoms with E-state index in [4.69, 9.17) is 0 Å². The fourth-order valence-electron chi connectivity index (χ4n) is 4.11. The maximum absolute atomic E-state index is 13.2. The van der Waals surface area contributed by atoms with Crippen molar-refractivity contribution in [3.63, 3.8) is 0 Å². The van der Waals surface area contributed by atoms with Crippen molar-refractivity contribution in [1.82, 2.24) is 10.2 Å². The van der Waals surface area contributed by atoms with Crippen molar-refractivity contribution in [3.8, 4) is 0 Å². The number of carbonyl (C=O) groups excluding carboxylic acids is 2. The van der Waals surface area contributed by atoms with Crippen molar-refractivity contribution in [2.24, 2.45) is 0 Å². The molecule has 0 heterocycles. The van der Waals surface area contributed by atoms with E-state index in [0.717, 1.165) is 29.9 Å². The van der Waals surface area contributed by atoms with Crippen LogP contribution in [0.1, 0.15) is 62.1 Å². The molecule has 0 radical (unpaired) electrons. The van der Waals surface area contributed by atoms with Crippen LogP contribution in [0.15, 0.2) is 54.6 Å². The van der Waals surface area contributed by atoms with E-state index < -0.39 is 6.04 Å². The van der Waals surface area contributed by atoms with Gasteiger partial charge >= 0.3 is 0 Å². The molecule has 1 fully saturated rings. The number of hydrogen-bond donors (Lipinski definition) is 1. The lowest BCUT2D eigenvalue weighted by Gasteiger charge is -2.31. The van der Waals surface area contributed by atoms with Crippen LogP contribution in [0.4, 0.5) is 0 Å². The van der Waals surface area contributed by atoms with Crippen LogP contribution >= 0.6 is 11.8 Å². The first-order chi connectivity index (χ1) is 15.5. The normalized spacial score (nSPS) is 15.2. The van der Waals surface area contributed by atoms with E-state index >= 15 is 0 Å². The van der Waals surface area contributed by atoms with E-state index in [-0.39, 0.29) is 17.9 Å². The van der Waals surface area contributed by atoms with Gasteiger partial charge in [0, 0.05) is 30.5 Å². The number of carbonyl (C=O) groups is 2. The van der Waals surface area contributed by atoms with Crippen LogP contribution in [0.3, 0.4) is 0 Å². The molecule has 0 bridgehead atoms. The summed E-state index contributed by atoms with van der Waals surface area (Å²) in [4.78, 5) is 28.0. The zero-order chi connectivity index (χ0) is 22.8. The molecule has 0 saturated heterocycles. The second kappa shape index (κ2) is 12.7. The van der Waals surface area contributed by atoms with E-state index in [1.807, 2.05) is 37.3 Å². The number of nitrogens with one attached hydrogen (secondary N) is 1. The minimum Gasteiger partial charge on any atom is -0.352 e. The zero-order valence-corrected chi connectivity index (χ0v) is 20.2. The number of aryl methyl sites for hydroxylation is 1. The molecule has 1 saturated carbocycles. The third-order valence-electron chi connectivity index (χ3n) is 6.16. The van der Waals surface area contributed by atoms with Crippen LogP contribution in [-0.4, -0.2) is 34.6 Å². The summed E-state index contributed by atoms with van der Waals surface area (Å²) >= 11 is 1.76. The molecule has 4 nitrogen and oxygen atoms in total. The first-order valence-corrected chi connectivity index (χ1v) is 13.0. The molecular weight excluding hydrogens is 416 g/mol. The Morgan fingerprint density at radius 2 is 1.69 bits per heavy atom. The zero-order valence-electron chi connectivity index (χ0n) is 19.4. The average Bonchev–Trinajstić information content (AvgIpc) is 2.82. The van der Waals surface area contributed by atoms with Gasteiger partial charge in [-0.25, -0.2) is 0 Å². The van der Waals surface area contributed by atoms with E-state index in [1.54, 1.807) is 16.7 Å². The Morgan fingerprint density at radius 3 is 2.38 bits per heavy atom. The van der Waals surface area contributed by atoms with Gasteiger partial charge in [-0.2, -0.15) is 11.8 Å². The summed E-state index contributed by atoms with van der Waals surface area (Å²) in [6.07, 6.45) is 6.11. The fourth-order valence-corrected chi connectivity index (χ4v) is 5.00. The maximum atomic E-state index is 13.2. The Morgan fingerprint density at radius 1 is 1.00 bits per heavy atom. The predicted molar refractivity (Wildman–Crippen MR) is 133 cm³/mol. The molecule has 1 aliphatic carbocycles. The summed E-state index contributed by atoms with van der Waals surface area (Å²) < 4.78 is 0. The summed E-state index contributed by atoms with van der Waals surface area (Å²) in [5.74, 6) is 1.64. The number of benzene rings is 2. The van der Waals surface area contributed by atoms with Crippen molar-refractivity contribution in [2.45, 2.75) is 76.8 Å². The van der Waals surface area contributed by atoms with Crippen LogP contribution in [-0.2, 0) is 21.9 Å². The van der Waals surface area contributed by atoms with E-state index in [2.05, 4.69) is 36.5 Å². The van der Waals surface area contributed by atoms with Gasteiger partial charge in [-0.1, -0.05) is 79.4 Å². The van der Waals surface area contributed by atoms with Gasteiger partial charge in [0.2, 0.25) is 11.8 Å². The Balaban J connectivity index is 1.59. The molecular formula is C27H36N2O2S. The topological polar surface area (TPSA) is 49.4 Å². The van der Waals surface area contributed by atoms with E-state index in [9.17, 15) is 9.59 Å². The van der Waals surface area contributed by atoms with Gasteiger partial charge in [-0.05, 0) is 37.8 Å². The van der Waals surface area contributed by atoms with Crippen molar-refractivity contribution < 1.29 is 9.59 Å².